The Morgan fingerprint density at radius 2 is 2.07 bits per heavy atom. The molecule has 2 heterocycles. The first kappa shape index (κ1) is 21.3. The van der Waals surface area contributed by atoms with E-state index < -0.39 is 10.0 Å². The molecule has 1 unspecified atom stereocenters. The Hall–Kier alpha value is -2.39. The van der Waals surface area contributed by atoms with E-state index in [1.54, 1.807) is 17.5 Å². The quantitative estimate of drug-likeness (QED) is 0.551. The summed E-state index contributed by atoms with van der Waals surface area (Å²) in [6.07, 6.45) is 6.68. The van der Waals surface area contributed by atoms with E-state index in [9.17, 15) is 8.42 Å². The Balaban J connectivity index is 1.52. The molecule has 1 atom stereocenters. The molecule has 1 aliphatic rings. The number of hydrogen-bond donors (Lipinski definition) is 2. The third-order valence-corrected chi connectivity index (χ3v) is 6.62. The number of nitrogens with zero attached hydrogens (tertiary/aromatic N) is 4. The van der Waals surface area contributed by atoms with Crippen LogP contribution >= 0.6 is 0 Å². The highest BCUT2D eigenvalue weighted by Gasteiger charge is 2.24. The molecular formula is C20H30N6O2S. The van der Waals surface area contributed by atoms with Crippen LogP contribution in [-0.4, -0.2) is 61.4 Å². The highest BCUT2D eigenvalue weighted by atomic mass is 32.2. The zero-order chi connectivity index (χ0) is 20.9. The van der Waals surface area contributed by atoms with Crippen LogP contribution in [0.1, 0.15) is 31.4 Å². The lowest BCUT2D eigenvalue weighted by molar-refractivity contribution is 0.274. The summed E-state index contributed by atoms with van der Waals surface area (Å²) in [6.45, 7) is 4.05. The van der Waals surface area contributed by atoms with Crippen LogP contribution in [0.15, 0.2) is 47.7 Å². The van der Waals surface area contributed by atoms with Crippen molar-refractivity contribution in [3.05, 3.63) is 48.3 Å². The molecule has 1 aromatic carbocycles. The number of aliphatic imine (C=N–C) groups is 1. The van der Waals surface area contributed by atoms with E-state index in [-0.39, 0.29) is 6.04 Å². The largest absolute Gasteiger partial charge is 0.356 e. The number of guanidine groups is 1. The van der Waals surface area contributed by atoms with E-state index in [2.05, 4.69) is 39.8 Å². The van der Waals surface area contributed by atoms with Gasteiger partial charge in [-0.3, -0.25) is 4.99 Å². The summed E-state index contributed by atoms with van der Waals surface area (Å²) >= 11 is 0. The van der Waals surface area contributed by atoms with Crippen molar-refractivity contribution in [1.29, 1.82) is 0 Å². The number of nitrogens with one attached hydrogen (secondary N) is 2. The second-order valence-electron chi connectivity index (χ2n) is 7.47. The maximum atomic E-state index is 11.6. The van der Waals surface area contributed by atoms with Crippen molar-refractivity contribution in [2.24, 2.45) is 10.9 Å². The van der Waals surface area contributed by atoms with Gasteiger partial charge in [-0.2, -0.15) is 5.10 Å². The van der Waals surface area contributed by atoms with E-state index >= 15 is 0 Å². The monoisotopic (exact) mass is 418 g/mol. The van der Waals surface area contributed by atoms with Crippen molar-refractivity contribution < 1.29 is 8.42 Å². The van der Waals surface area contributed by atoms with Gasteiger partial charge in [-0.1, -0.05) is 12.1 Å². The summed E-state index contributed by atoms with van der Waals surface area (Å²) in [5.41, 5.74) is 2.16. The first-order valence-electron chi connectivity index (χ1n) is 9.89. The Morgan fingerprint density at radius 1 is 1.31 bits per heavy atom. The van der Waals surface area contributed by atoms with E-state index in [1.807, 2.05) is 29.1 Å². The van der Waals surface area contributed by atoms with E-state index in [1.165, 1.54) is 6.26 Å². The van der Waals surface area contributed by atoms with Crippen molar-refractivity contribution in [3.8, 4) is 5.69 Å². The summed E-state index contributed by atoms with van der Waals surface area (Å²) < 4.78 is 26.7. The number of hydrogen-bond acceptors (Lipinski definition) is 4. The number of benzene rings is 1. The van der Waals surface area contributed by atoms with Crippen molar-refractivity contribution in [2.45, 2.75) is 25.8 Å². The predicted molar refractivity (Wildman–Crippen MR) is 116 cm³/mol. The van der Waals surface area contributed by atoms with E-state index in [0.717, 1.165) is 36.6 Å². The van der Waals surface area contributed by atoms with Crippen LogP contribution in [0.5, 0.6) is 0 Å². The van der Waals surface area contributed by atoms with Crippen LogP contribution in [-0.2, 0) is 10.0 Å². The van der Waals surface area contributed by atoms with Crippen LogP contribution in [0.3, 0.4) is 0 Å². The van der Waals surface area contributed by atoms with Gasteiger partial charge in [0.25, 0.3) is 0 Å². The maximum absolute atomic E-state index is 11.6. The van der Waals surface area contributed by atoms with Crippen LogP contribution in [0.2, 0.25) is 0 Å². The van der Waals surface area contributed by atoms with Crippen LogP contribution < -0.4 is 10.6 Å². The standard InChI is InChI=1S/C20H30N6O2S/c1-16(18-6-4-7-19(14-18)26-11-5-10-23-26)24-20(21-2)22-15-17-8-12-25(13-9-17)29(3,27)28/h4-7,10-11,14,16-17H,8-9,12-13,15H2,1-3H3,(H2,21,22,24). The SMILES string of the molecule is CN=C(NCC1CCN(S(C)(=O)=O)CC1)NC(C)c1cccc(-n2cccn2)c1. The predicted octanol–water partition coefficient (Wildman–Crippen LogP) is 1.77. The fourth-order valence-corrected chi connectivity index (χ4v) is 4.40. The zero-order valence-corrected chi connectivity index (χ0v) is 18.1. The van der Waals surface area contributed by atoms with Crippen molar-refractivity contribution in [2.75, 3.05) is 32.9 Å². The lowest BCUT2D eigenvalue weighted by atomic mass is 9.98. The fraction of sp³-hybridized carbons (Fsp3) is 0.500. The highest BCUT2D eigenvalue weighted by Crippen LogP contribution is 2.19. The van der Waals surface area contributed by atoms with Crippen LogP contribution in [0.4, 0.5) is 0 Å². The average molecular weight is 419 g/mol. The fourth-order valence-electron chi connectivity index (χ4n) is 3.53. The first-order valence-corrected chi connectivity index (χ1v) is 11.7. The molecule has 0 spiro atoms. The lowest BCUT2D eigenvalue weighted by Gasteiger charge is -2.30. The molecule has 1 fully saturated rings. The molecule has 0 saturated carbocycles. The van der Waals surface area contributed by atoms with Crippen LogP contribution in [0.25, 0.3) is 5.69 Å². The number of piperidine rings is 1. The molecular weight excluding hydrogens is 388 g/mol. The highest BCUT2D eigenvalue weighted by molar-refractivity contribution is 7.88. The number of rotatable bonds is 6. The van der Waals surface area contributed by atoms with Crippen molar-refractivity contribution >= 4 is 16.0 Å². The summed E-state index contributed by atoms with van der Waals surface area (Å²) in [5, 5.41) is 11.1. The number of aromatic nitrogens is 2. The van der Waals surface area contributed by atoms with Gasteiger partial charge in [0.15, 0.2) is 5.96 Å². The number of sulfonamides is 1. The van der Waals surface area contributed by atoms with Gasteiger partial charge in [-0.15, -0.1) is 0 Å². The average Bonchev–Trinajstić information content (AvgIpc) is 3.25. The van der Waals surface area contributed by atoms with Gasteiger partial charge in [0.1, 0.15) is 0 Å². The Labute approximate surface area is 173 Å². The minimum absolute atomic E-state index is 0.0730. The third-order valence-electron chi connectivity index (χ3n) is 5.32. The summed E-state index contributed by atoms with van der Waals surface area (Å²) in [7, 11) is -1.32. The van der Waals surface area contributed by atoms with Gasteiger partial charge in [-0.05, 0) is 49.4 Å². The molecule has 0 radical (unpaired) electrons. The minimum atomic E-state index is -3.08. The Bertz CT molecular complexity index is 918. The van der Waals surface area contributed by atoms with Crippen molar-refractivity contribution in [3.63, 3.8) is 0 Å². The Kier molecular flexibility index (Phi) is 6.92. The Morgan fingerprint density at radius 3 is 2.69 bits per heavy atom. The molecule has 1 aromatic heterocycles. The normalized spacial score (nSPS) is 17.8. The zero-order valence-electron chi connectivity index (χ0n) is 17.2. The third kappa shape index (κ3) is 5.80. The molecule has 29 heavy (non-hydrogen) atoms. The molecule has 2 N–H and O–H groups in total. The summed E-state index contributed by atoms with van der Waals surface area (Å²) in [4.78, 5) is 4.34. The maximum Gasteiger partial charge on any atom is 0.211 e. The van der Waals surface area contributed by atoms with Gasteiger partial charge in [0, 0.05) is 39.1 Å². The van der Waals surface area contributed by atoms with E-state index in [4.69, 9.17) is 0 Å². The molecule has 9 heteroatoms. The lowest BCUT2D eigenvalue weighted by Crippen LogP contribution is -2.44. The summed E-state index contributed by atoms with van der Waals surface area (Å²) in [6, 6.07) is 10.2. The molecule has 8 nitrogen and oxygen atoms in total. The smallest absolute Gasteiger partial charge is 0.211 e. The van der Waals surface area contributed by atoms with Gasteiger partial charge in [0.05, 0.1) is 18.0 Å². The van der Waals surface area contributed by atoms with Gasteiger partial charge in [-0.25, -0.2) is 17.4 Å². The van der Waals surface area contributed by atoms with Gasteiger partial charge in [0.2, 0.25) is 10.0 Å². The minimum Gasteiger partial charge on any atom is -0.356 e. The molecule has 158 valence electrons. The molecule has 0 bridgehead atoms. The first-order chi connectivity index (χ1) is 13.9. The van der Waals surface area contributed by atoms with Gasteiger partial charge < -0.3 is 10.6 Å². The van der Waals surface area contributed by atoms with Crippen molar-refractivity contribution in [1.82, 2.24) is 24.7 Å². The van der Waals surface area contributed by atoms with Crippen LogP contribution in [0, 0.1) is 5.92 Å². The molecule has 2 aromatic rings. The molecule has 1 saturated heterocycles. The molecule has 1 aliphatic heterocycles. The molecule has 3 rings (SSSR count). The molecule has 0 aliphatic carbocycles. The summed E-state index contributed by atoms with van der Waals surface area (Å²) in [5.74, 6) is 1.18. The van der Waals surface area contributed by atoms with Gasteiger partial charge >= 0.3 is 0 Å². The topological polar surface area (TPSA) is 91.6 Å². The molecule has 0 amide bonds. The second-order valence-corrected chi connectivity index (χ2v) is 9.45. The second kappa shape index (κ2) is 9.41. The van der Waals surface area contributed by atoms with E-state index in [0.29, 0.717) is 19.0 Å².